The highest BCUT2D eigenvalue weighted by atomic mass is 35.5. The number of rotatable bonds is 0. The van der Waals surface area contributed by atoms with Crippen molar-refractivity contribution in [2.45, 2.75) is 13.0 Å². The molecule has 2 nitrogen and oxygen atoms in total. The van der Waals surface area contributed by atoms with E-state index < -0.39 is 0 Å². The summed E-state index contributed by atoms with van der Waals surface area (Å²) in [5.41, 5.74) is 9.44. The van der Waals surface area contributed by atoms with E-state index in [4.69, 9.17) is 5.73 Å². The van der Waals surface area contributed by atoms with Crippen molar-refractivity contribution in [3.8, 4) is 0 Å². The van der Waals surface area contributed by atoms with Crippen molar-refractivity contribution in [1.82, 2.24) is 4.90 Å². The Balaban J connectivity index is 0.000000845. The molecule has 0 fully saturated rings. The molecule has 0 radical (unpaired) electrons. The van der Waals surface area contributed by atoms with Crippen molar-refractivity contribution in [2.75, 3.05) is 19.3 Å². The van der Waals surface area contributed by atoms with Gasteiger partial charge in [-0.2, -0.15) is 0 Å². The number of anilines is 1. The highest BCUT2D eigenvalue weighted by molar-refractivity contribution is 5.85. The van der Waals surface area contributed by atoms with E-state index in [1.807, 2.05) is 6.07 Å². The SMILES string of the molecule is CN1CCc2cc(N)ccc2C1.Cl.Cl. The quantitative estimate of drug-likeness (QED) is 0.698. The van der Waals surface area contributed by atoms with Crippen molar-refractivity contribution in [3.63, 3.8) is 0 Å². The summed E-state index contributed by atoms with van der Waals surface area (Å²) in [6.45, 7) is 2.21. The average molecular weight is 235 g/mol. The third-order valence-electron chi connectivity index (χ3n) is 2.43. The fourth-order valence-electron chi connectivity index (χ4n) is 1.71. The summed E-state index contributed by atoms with van der Waals surface area (Å²) >= 11 is 0. The molecule has 80 valence electrons. The summed E-state index contributed by atoms with van der Waals surface area (Å²) < 4.78 is 0. The number of benzene rings is 1. The van der Waals surface area contributed by atoms with Gasteiger partial charge >= 0.3 is 0 Å². The first-order valence-corrected chi connectivity index (χ1v) is 4.31. The highest BCUT2D eigenvalue weighted by Crippen LogP contribution is 2.19. The maximum absolute atomic E-state index is 5.70. The van der Waals surface area contributed by atoms with Crippen LogP contribution in [0.5, 0.6) is 0 Å². The third kappa shape index (κ3) is 2.77. The Morgan fingerprint density at radius 2 is 1.93 bits per heavy atom. The van der Waals surface area contributed by atoms with Gasteiger partial charge in [-0.1, -0.05) is 6.07 Å². The molecule has 0 bridgehead atoms. The van der Waals surface area contributed by atoms with E-state index in [0.717, 1.165) is 25.2 Å². The molecule has 1 aromatic carbocycles. The molecule has 1 aliphatic rings. The molecule has 0 amide bonds. The molecule has 1 aliphatic heterocycles. The fourth-order valence-corrected chi connectivity index (χ4v) is 1.71. The molecular formula is C10H16Cl2N2. The predicted octanol–water partition coefficient (Wildman–Crippen LogP) is 2.10. The standard InChI is InChI=1S/C10H14N2.2ClH/c1-12-5-4-8-6-10(11)3-2-9(8)7-12;;/h2-3,6H,4-5,7,11H2,1H3;2*1H. The van der Waals surface area contributed by atoms with Gasteiger partial charge in [-0.3, -0.25) is 0 Å². The molecular weight excluding hydrogens is 219 g/mol. The number of likely N-dealkylation sites (N-methyl/N-ethyl adjacent to an activating group) is 1. The summed E-state index contributed by atoms with van der Waals surface area (Å²) in [5, 5.41) is 0. The van der Waals surface area contributed by atoms with E-state index in [-0.39, 0.29) is 24.8 Å². The summed E-state index contributed by atoms with van der Waals surface area (Å²) in [5.74, 6) is 0. The van der Waals surface area contributed by atoms with Crippen LogP contribution in [0.2, 0.25) is 0 Å². The second kappa shape index (κ2) is 5.44. The molecule has 0 saturated carbocycles. The van der Waals surface area contributed by atoms with Crippen molar-refractivity contribution in [1.29, 1.82) is 0 Å². The lowest BCUT2D eigenvalue weighted by molar-refractivity contribution is 0.313. The summed E-state index contributed by atoms with van der Waals surface area (Å²) in [4.78, 5) is 2.33. The van der Waals surface area contributed by atoms with Crippen LogP contribution in [-0.2, 0) is 13.0 Å². The maximum Gasteiger partial charge on any atom is 0.0316 e. The zero-order chi connectivity index (χ0) is 8.55. The molecule has 0 unspecified atom stereocenters. The average Bonchev–Trinajstić information content (AvgIpc) is 2.05. The monoisotopic (exact) mass is 234 g/mol. The molecule has 14 heavy (non-hydrogen) atoms. The molecule has 4 heteroatoms. The smallest absolute Gasteiger partial charge is 0.0316 e. The number of hydrogen-bond donors (Lipinski definition) is 1. The van der Waals surface area contributed by atoms with Crippen molar-refractivity contribution in [3.05, 3.63) is 29.3 Å². The first kappa shape index (κ1) is 13.6. The van der Waals surface area contributed by atoms with Gasteiger partial charge in [0.1, 0.15) is 0 Å². The first-order valence-electron chi connectivity index (χ1n) is 4.31. The minimum absolute atomic E-state index is 0. The summed E-state index contributed by atoms with van der Waals surface area (Å²) in [6.07, 6.45) is 1.14. The Bertz CT molecular complexity index is 302. The van der Waals surface area contributed by atoms with Gasteiger partial charge in [0.2, 0.25) is 0 Å². The topological polar surface area (TPSA) is 29.3 Å². The molecule has 1 heterocycles. The zero-order valence-corrected chi connectivity index (χ0v) is 9.83. The minimum atomic E-state index is 0. The van der Waals surface area contributed by atoms with Crippen molar-refractivity contribution >= 4 is 30.5 Å². The number of nitrogens with two attached hydrogens (primary N) is 1. The van der Waals surface area contributed by atoms with Crippen LogP contribution in [-0.4, -0.2) is 18.5 Å². The van der Waals surface area contributed by atoms with Gasteiger partial charge < -0.3 is 10.6 Å². The van der Waals surface area contributed by atoms with Crippen LogP contribution >= 0.6 is 24.8 Å². The Hall–Kier alpha value is -0.440. The fraction of sp³-hybridized carbons (Fsp3) is 0.400. The van der Waals surface area contributed by atoms with Gasteiger partial charge in [0, 0.05) is 18.8 Å². The molecule has 0 spiro atoms. The molecule has 2 N–H and O–H groups in total. The van der Waals surface area contributed by atoms with Crippen LogP contribution in [0.4, 0.5) is 5.69 Å². The van der Waals surface area contributed by atoms with Crippen LogP contribution in [0.1, 0.15) is 11.1 Å². The van der Waals surface area contributed by atoms with Crippen LogP contribution < -0.4 is 5.73 Å². The lowest BCUT2D eigenvalue weighted by atomic mass is 10.00. The molecule has 2 rings (SSSR count). The van der Waals surface area contributed by atoms with Crippen LogP contribution in [0, 0.1) is 0 Å². The van der Waals surface area contributed by atoms with Crippen molar-refractivity contribution < 1.29 is 0 Å². The molecule has 0 saturated heterocycles. The Kier molecular flexibility index (Phi) is 5.27. The predicted molar refractivity (Wildman–Crippen MR) is 65.4 cm³/mol. The Morgan fingerprint density at radius 3 is 2.64 bits per heavy atom. The van der Waals surface area contributed by atoms with E-state index in [0.29, 0.717) is 0 Å². The highest BCUT2D eigenvalue weighted by Gasteiger charge is 2.11. The molecule has 0 aliphatic carbocycles. The Labute approximate surface area is 97.3 Å². The lowest BCUT2D eigenvalue weighted by Crippen LogP contribution is -2.26. The van der Waals surface area contributed by atoms with Gasteiger partial charge in [0.05, 0.1) is 0 Å². The Morgan fingerprint density at radius 1 is 1.21 bits per heavy atom. The maximum atomic E-state index is 5.70. The van der Waals surface area contributed by atoms with Gasteiger partial charge in [-0.25, -0.2) is 0 Å². The molecule has 0 aromatic heterocycles. The summed E-state index contributed by atoms with van der Waals surface area (Å²) in [7, 11) is 2.15. The number of fused-ring (bicyclic) bond motifs is 1. The van der Waals surface area contributed by atoms with Gasteiger partial charge in [0.15, 0.2) is 0 Å². The normalized spacial score (nSPS) is 14.9. The van der Waals surface area contributed by atoms with Crippen LogP contribution in [0.25, 0.3) is 0 Å². The zero-order valence-electron chi connectivity index (χ0n) is 8.19. The van der Waals surface area contributed by atoms with Gasteiger partial charge in [-0.05, 0) is 36.7 Å². The molecule has 0 atom stereocenters. The van der Waals surface area contributed by atoms with E-state index in [1.165, 1.54) is 11.1 Å². The summed E-state index contributed by atoms with van der Waals surface area (Å²) in [6, 6.07) is 6.22. The number of nitrogens with zero attached hydrogens (tertiary/aromatic N) is 1. The second-order valence-corrected chi connectivity index (χ2v) is 3.52. The number of hydrogen-bond acceptors (Lipinski definition) is 2. The van der Waals surface area contributed by atoms with E-state index >= 15 is 0 Å². The van der Waals surface area contributed by atoms with E-state index in [1.54, 1.807) is 0 Å². The largest absolute Gasteiger partial charge is 0.399 e. The lowest BCUT2D eigenvalue weighted by Gasteiger charge is -2.24. The first-order chi connectivity index (χ1) is 5.75. The van der Waals surface area contributed by atoms with Gasteiger partial charge in [-0.15, -0.1) is 24.8 Å². The van der Waals surface area contributed by atoms with Crippen molar-refractivity contribution in [2.24, 2.45) is 0 Å². The third-order valence-corrected chi connectivity index (χ3v) is 2.43. The number of halogens is 2. The number of nitrogen functional groups attached to an aromatic ring is 1. The molecule has 1 aromatic rings. The minimum Gasteiger partial charge on any atom is -0.399 e. The van der Waals surface area contributed by atoms with E-state index in [2.05, 4.69) is 24.1 Å². The second-order valence-electron chi connectivity index (χ2n) is 3.52. The van der Waals surface area contributed by atoms with Gasteiger partial charge in [0.25, 0.3) is 0 Å². The van der Waals surface area contributed by atoms with E-state index in [9.17, 15) is 0 Å². The van der Waals surface area contributed by atoms with Crippen LogP contribution in [0.15, 0.2) is 18.2 Å². The van der Waals surface area contributed by atoms with Crippen LogP contribution in [0.3, 0.4) is 0 Å².